The summed E-state index contributed by atoms with van der Waals surface area (Å²) in [6.45, 7) is 15.7. The second kappa shape index (κ2) is 21.0. The van der Waals surface area contributed by atoms with Crippen LogP contribution in [0.15, 0.2) is 101 Å². The van der Waals surface area contributed by atoms with Crippen LogP contribution in [0.4, 0.5) is 0 Å². The van der Waals surface area contributed by atoms with E-state index >= 15 is 0 Å². The number of carbonyl (C=O) groups is 1. The predicted octanol–water partition coefficient (Wildman–Crippen LogP) is 8.67. The van der Waals surface area contributed by atoms with Crippen molar-refractivity contribution in [3.05, 3.63) is 107 Å². The first-order valence-corrected chi connectivity index (χ1v) is 17.3. The Balaban J connectivity index is 1.87. The highest BCUT2D eigenvalue weighted by Crippen LogP contribution is 2.41. The molecular formula is C38H56N2O4S. The minimum Gasteiger partial charge on any atom is -0.481 e. The number of hydrogen-bond donors (Lipinski definition) is 2. The van der Waals surface area contributed by atoms with Crippen LogP contribution in [0, 0.1) is 5.92 Å². The molecule has 1 aromatic carbocycles. The third kappa shape index (κ3) is 14.0. The molecule has 0 aliphatic heterocycles. The van der Waals surface area contributed by atoms with E-state index in [-0.39, 0.29) is 0 Å². The Bertz CT molecular complexity index is 1210. The van der Waals surface area contributed by atoms with Gasteiger partial charge < -0.3 is 14.7 Å². The van der Waals surface area contributed by atoms with Crippen molar-refractivity contribution >= 4 is 17.7 Å². The van der Waals surface area contributed by atoms with Crippen molar-refractivity contribution in [3.8, 4) is 0 Å². The molecule has 7 heteroatoms. The highest BCUT2D eigenvalue weighted by Gasteiger charge is 2.42. The van der Waals surface area contributed by atoms with E-state index in [1.54, 1.807) is 19.4 Å². The fraction of sp³-hybridized carbons (Fsp3) is 0.500. The van der Waals surface area contributed by atoms with Crippen molar-refractivity contribution in [1.29, 1.82) is 0 Å². The molecule has 2 rings (SSSR count). The quantitative estimate of drug-likeness (QED) is 0.0460. The van der Waals surface area contributed by atoms with Crippen LogP contribution in [0.3, 0.4) is 0 Å². The number of nitrogens with zero attached hydrogens (tertiary/aromatic N) is 1. The number of allylic oxidation sites excluding steroid dienone is 8. The Kier molecular flexibility index (Phi) is 17.9. The molecule has 0 spiro atoms. The molecule has 0 fully saturated rings. The molecule has 0 heterocycles. The lowest BCUT2D eigenvalue weighted by atomic mass is 9.93. The number of hydroxylamine groups is 1. The number of rotatable bonds is 21. The Labute approximate surface area is 277 Å². The van der Waals surface area contributed by atoms with E-state index in [2.05, 4.69) is 100 Å². The molecule has 45 heavy (non-hydrogen) atoms. The third-order valence-corrected chi connectivity index (χ3v) is 9.55. The normalized spacial score (nSPS) is 20.1. The van der Waals surface area contributed by atoms with Gasteiger partial charge in [-0.15, -0.1) is 11.8 Å². The number of aliphatic carboxylic acids is 1. The molecule has 0 amide bonds. The molecule has 1 aliphatic carbocycles. The largest absolute Gasteiger partial charge is 0.481 e. The molecule has 3 unspecified atom stereocenters. The van der Waals surface area contributed by atoms with E-state index in [1.165, 1.54) is 34.0 Å². The summed E-state index contributed by atoms with van der Waals surface area (Å²) < 4.78 is 5.89. The van der Waals surface area contributed by atoms with Gasteiger partial charge in [0, 0.05) is 25.4 Å². The zero-order chi connectivity index (χ0) is 33.1. The fourth-order valence-electron chi connectivity index (χ4n) is 5.35. The molecule has 0 saturated carbocycles. The number of carboxylic acid groups (broad SMARTS) is 1. The predicted molar refractivity (Wildman–Crippen MR) is 191 cm³/mol. The summed E-state index contributed by atoms with van der Waals surface area (Å²) in [5.74, 6) is -1.04. The highest BCUT2D eigenvalue weighted by molar-refractivity contribution is 8.00. The van der Waals surface area contributed by atoms with Gasteiger partial charge in [0.2, 0.25) is 0 Å². The van der Waals surface area contributed by atoms with Crippen LogP contribution in [-0.2, 0) is 20.8 Å². The number of thioether (sulfide) groups is 1. The van der Waals surface area contributed by atoms with Crippen LogP contribution >= 0.6 is 11.8 Å². The van der Waals surface area contributed by atoms with E-state index in [0.29, 0.717) is 18.3 Å². The molecular weight excluding hydrogens is 580 g/mol. The van der Waals surface area contributed by atoms with Crippen LogP contribution < -0.4 is 5.48 Å². The summed E-state index contributed by atoms with van der Waals surface area (Å²) >= 11 is 1.50. The van der Waals surface area contributed by atoms with Crippen molar-refractivity contribution in [2.45, 2.75) is 84.6 Å². The van der Waals surface area contributed by atoms with Crippen LogP contribution in [0.2, 0.25) is 0 Å². The van der Waals surface area contributed by atoms with E-state index in [4.69, 9.17) is 9.57 Å². The summed E-state index contributed by atoms with van der Waals surface area (Å²) in [7, 11) is 1.58. The summed E-state index contributed by atoms with van der Waals surface area (Å²) in [4.78, 5) is 19.0. The second-order valence-corrected chi connectivity index (χ2v) is 13.0. The van der Waals surface area contributed by atoms with Crippen molar-refractivity contribution < 1.29 is 19.5 Å². The molecule has 2 N–H and O–H groups in total. The van der Waals surface area contributed by atoms with Crippen LogP contribution in [0.25, 0.3) is 0 Å². The van der Waals surface area contributed by atoms with E-state index in [1.807, 2.05) is 18.2 Å². The molecule has 0 saturated heterocycles. The molecule has 1 aliphatic rings. The monoisotopic (exact) mass is 636 g/mol. The highest BCUT2D eigenvalue weighted by atomic mass is 32.2. The smallest absolute Gasteiger partial charge is 0.314 e. The molecule has 6 nitrogen and oxygen atoms in total. The van der Waals surface area contributed by atoms with E-state index < -0.39 is 16.8 Å². The zero-order valence-corrected chi connectivity index (χ0v) is 29.4. The fourth-order valence-corrected chi connectivity index (χ4v) is 6.68. The van der Waals surface area contributed by atoms with Crippen LogP contribution in [-0.4, -0.2) is 59.4 Å². The van der Waals surface area contributed by atoms with Gasteiger partial charge in [-0.05, 0) is 96.2 Å². The van der Waals surface area contributed by atoms with Crippen molar-refractivity contribution in [2.75, 3.05) is 32.5 Å². The maximum absolute atomic E-state index is 12.1. The number of hydrogen-bond acceptors (Lipinski definition) is 6. The summed E-state index contributed by atoms with van der Waals surface area (Å²) in [5, 5.41) is 9.95. The molecule has 3 atom stereocenters. The van der Waals surface area contributed by atoms with Gasteiger partial charge in [0.15, 0.2) is 0 Å². The van der Waals surface area contributed by atoms with Crippen LogP contribution in [0.5, 0.6) is 0 Å². The van der Waals surface area contributed by atoms with Crippen molar-refractivity contribution in [1.82, 2.24) is 10.4 Å². The standard InChI is InChI=1S/C38H56N2O4S/c1-8-40(9-2)33(6)29-39-44-25-23-35-21-22-36(37(41)42)38(28-35,43-7)45-26-24-31(4)17-13-15-30(3)16-14-18-32(5)27-34-19-11-10-12-20-34/h10-12,15,18-25,28,33,36,39H,8-9,13-14,16-17,26-27,29H2,1-7H3,(H,41,42)/b25-23+,30-15?,31-24?,32-18?. The Hall–Kier alpha value is -2.84. The molecule has 0 radical (unpaired) electrons. The number of ether oxygens (including phenoxy) is 1. The number of nitrogens with one attached hydrogen (secondary N) is 1. The van der Waals surface area contributed by atoms with Gasteiger partial charge in [-0.1, -0.05) is 91.3 Å². The lowest BCUT2D eigenvalue weighted by molar-refractivity contribution is -0.144. The van der Waals surface area contributed by atoms with Gasteiger partial charge in [0.05, 0.1) is 0 Å². The maximum Gasteiger partial charge on any atom is 0.314 e. The average molecular weight is 637 g/mol. The van der Waals surface area contributed by atoms with Gasteiger partial charge in [0.1, 0.15) is 17.1 Å². The van der Waals surface area contributed by atoms with Crippen molar-refractivity contribution in [2.24, 2.45) is 5.92 Å². The van der Waals surface area contributed by atoms with Gasteiger partial charge in [0.25, 0.3) is 0 Å². The zero-order valence-electron chi connectivity index (χ0n) is 28.6. The number of carboxylic acids is 1. The lowest BCUT2D eigenvalue weighted by Crippen LogP contribution is -2.40. The third-order valence-electron chi connectivity index (χ3n) is 8.22. The molecule has 248 valence electrons. The summed E-state index contributed by atoms with van der Waals surface area (Å²) in [6.07, 6.45) is 20.8. The second-order valence-electron chi connectivity index (χ2n) is 11.8. The average Bonchev–Trinajstić information content (AvgIpc) is 3.01. The summed E-state index contributed by atoms with van der Waals surface area (Å²) in [6, 6.07) is 11.0. The number of likely N-dealkylation sites (N-methyl/N-ethyl adjacent to an activating group) is 1. The van der Waals surface area contributed by atoms with Gasteiger partial charge in [-0.25, -0.2) is 0 Å². The number of benzene rings is 1. The van der Waals surface area contributed by atoms with Gasteiger partial charge in [-0.3, -0.25) is 9.69 Å². The molecule has 0 aromatic heterocycles. The maximum atomic E-state index is 12.1. The summed E-state index contributed by atoms with van der Waals surface area (Å²) in [5.41, 5.74) is 9.32. The minimum absolute atomic E-state index is 0.356. The van der Waals surface area contributed by atoms with Gasteiger partial charge >= 0.3 is 5.97 Å². The van der Waals surface area contributed by atoms with E-state index in [9.17, 15) is 9.90 Å². The minimum atomic E-state index is -1.01. The first-order valence-electron chi connectivity index (χ1n) is 16.3. The molecule has 1 aromatic rings. The van der Waals surface area contributed by atoms with Gasteiger partial charge in [-0.2, -0.15) is 5.48 Å². The Morgan fingerprint density at radius 1 is 1.04 bits per heavy atom. The Morgan fingerprint density at radius 3 is 2.31 bits per heavy atom. The van der Waals surface area contributed by atoms with Crippen molar-refractivity contribution in [3.63, 3.8) is 0 Å². The number of methoxy groups -OCH3 is 1. The first kappa shape index (κ1) is 38.3. The SMILES string of the molecule is CCN(CC)C(C)CNO/C=C/C1=CC(OC)(SCC=C(C)CCC=C(C)CCC=C(C)Cc2ccccc2)C(C(=O)O)C=C1. The van der Waals surface area contributed by atoms with Crippen LogP contribution in [0.1, 0.15) is 72.8 Å². The lowest BCUT2D eigenvalue weighted by Gasteiger charge is -2.35. The Morgan fingerprint density at radius 2 is 1.69 bits per heavy atom. The molecule has 0 bridgehead atoms. The van der Waals surface area contributed by atoms with E-state index in [0.717, 1.165) is 50.8 Å². The first-order chi connectivity index (χ1) is 21.6. The topological polar surface area (TPSA) is 71.0 Å².